The third kappa shape index (κ3) is 6.09. The fraction of sp³-hybridized carbons (Fsp3) is 0.238. The molecule has 5 nitrogen and oxygen atoms in total. The Morgan fingerprint density at radius 1 is 1.08 bits per heavy atom. The van der Waals surface area contributed by atoms with Gasteiger partial charge in [-0.25, -0.2) is 4.79 Å². The molecule has 0 aliphatic heterocycles. The standard InChI is InChI=1S/C21H23NO4/c1-15(2)20(21(24)25)22-19(23)13-10-16-8-11-18(12-9-16)26-14-17-6-4-3-5-7-17/h3-13,15,20H,14H2,1-2H3,(H,22,23)(H,24,25)/b13-10+/t20-/m0/s1. The van der Waals surface area contributed by atoms with Gasteiger partial charge in [-0.2, -0.15) is 0 Å². The Morgan fingerprint density at radius 3 is 2.31 bits per heavy atom. The van der Waals surface area contributed by atoms with Crippen molar-refractivity contribution in [2.45, 2.75) is 26.5 Å². The van der Waals surface area contributed by atoms with Crippen LogP contribution in [0.3, 0.4) is 0 Å². The first-order chi connectivity index (χ1) is 12.5. The van der Waals surface area contributed by atoms with Crippen LogP contribution in [0.2, 0.25) is 0 Å². The number of hydrogen-bond donors (Lipinski definition) is 2. The van der Waals surface area contributed by atoms with E-state index in [9.17, 15) is 9.59 Å². The molecular weight excluding hydrogens is 330 g/mol. The number of hydrogen-bond acceptors (Lipinski definition) is 3. The number of amides is 1. The number of carbonyl (C=O) groups excluding carboxylic acids is 1. The van der Waals surface area contributed by atoms with E-state index < -0.39 is 17.9 Å². The number of ether oxygens (including phenoxy) is 1. The normalized spacial score (nSPS) is 12.1. The summed E-state index contributed by atoms with van der Waals surface area (Å²) in [7, 11) is 0. The summed E-state index contributed by atoms with van der Waals surface area (Å²) in [5.41, 5.74) is 1.91. The summed E-state index contributed by atoms with van der Waals surface area (Å²) in [6, 6.07) is 16.3. The highest BCUT2D eigenvalue weighted by Gasteiger charge is 2.22. The minimum Gasteiger partial charge on any atom is -0.489 e. The lowest BCUT2D eigenvalue weighted by molar-refractivity contribution is -0.142. The molecule has 0 heterocycles. The van der Waals surface area contributed by atoms with Gasteiger partial charge in [0.05, 0.1) is 0 Å². The third-order valence-electron chi connectivity index (χ3n) is 3.79. The molecule has 0 aliphatic carbocycles. The molecule has 0 aliphatic rings. The number of carbonyl (C=O) groups is 2. The van der Waals surface area contributed by atoms with E-state index in [4.69, 9.17) is 9.84 Å². The van der Waals surface area contributed by atoms with Crippen molar-refractivity contribution in [3.8, 4) is 5.75 Å². The van der Waals surface area contributed by atoms with Crippen LogP contribution in [0, 0.1) is 5.92 Å². The van der Waals surface area contributed by atoms with Crippen molar-refractivity contribution in [2.75, 3.05) is 0 Å². The van der Waals surface area contributed by atoms with Crippen LogP contribution in [0.4, 0.5) is 0 Å². The van der Waals surface area contributed by atoms with Crippen LogP contribution in [0.25, 0.3) is 6.08 Å². The molecule has 0 saturated carbocycles. The van der Waals surface area contributed by atoms with E-state index in [1.54, 1.807) is 19.9 Å². The van der Waals surface area contributed by atoms with Crippen molar-refractivity contribution < 1.29 is 19.4 Å². The van der Waals surface area contributed by atoms with Gasteiger partial charge in [-0.3, -0.25) is 4.79 Å². The Kier molecular flexibility index (Phi) is 6.97. The van der Waals surface area contributed by atoms with Crippen molar-refractivity contribution in [2.24, 2.45) is 5.92 Å². The molecule has 1 amide bonds. The van der Waals surface area contributed by atoms with E-state index in [0.717, 1.165) is 16.9 Å². The Hall–Kier alpha value is -3.08. The topological polar surface area (TPSA) is 75.6 Å². The summed E-state index contributed by atoms with van der Waals surface area (Å²) in [6.45, 7) is 3.98. The Bertz CT molecular complexity index is 751. The maximum atomic E-state index is 11.9. The molecule has 0 aromatic heterocycles. The second-order valence-corrected chi connectivity index (χ2v) is 6.25. The van der Waals surface area contributed by atoms with Crippen molar-refractivity contribution in [3.63, 3.8) is 0 Å². The first-order valence-corrected chi connectivity index (χ1v) is 8.44. The molecule has 2 aromatic rings. The molecule has 0 saturated heterocycles. The predicted octanol–water partition coefficient (Wildman–Crippen LogP) is 3.50. The number of aliphatic carboxylic acids is 1. The lowest BCUT2D eigenvalue weighted by atomic mass is 10.0. The first-order valence-electron chi connectivity index (χ1n) is 8.44. The molecule has 5 heteroatoms. The summed E-state index contributed by atoms with van der Waals surface area (Å²) in [5.74, 6) is -0.927. The minimum atomic E-state index is -1.04. The van der Waals surface area contributed by atoms with Crippen molar-refractivity contribution in [1.82, 2.24) is 5.32 Å². The van der Waals surface area contributed by atoms with Crippen molar-refractivity contribution >= 4 is 18.0 Å². The predicted molar refractivity (Wildman–Crippen MR) is 101 cm³/mol. The van der Waals surface area contributed by atoms with E-state index in [0.29, 0.717) is 6.61 Å². The minimum absolute atomic E-state index is 0.189. The Morgan fingerprint density at radius 2 is 1.73 bits per heavy atom. The van der Waals surface area contributed by atoms with Gasteiger partial charge in [0.2, 0.25) is 5.91 Å². The summed E-state index contributed by atoms with van der Waals surface area (Å²) in [4.78, 5) is 23.0. The fourth-order valence-electron chi connectivity index (χ4n) is 2.30. The molecular formula is C21H23NO4. The van der Waals surface area contributed by atoms with Crippen LogP contribution < -0.4 is 10.1 Å². The molecule has 0 unspecified atom stereocenters. The lowest BCUT2D eigenvalue weighted by Gasteiger charge is -2.16. The summed E-state index contributed by atoms with van der Waals surface area (Å²) >= 11 is 0. The van der Waals surface area contributed by atoms with Gasteiger partial charge in [-0.05, 0) is 35.3 Å². The van der Waals surface area contributed by atoms with Crippen molar-refractivity contribution in [3.05, 3.63) is 71.8 Å². The van der Waals surface area contributed by atoms with Crippen LogP contribution in [-0.4, -0.2) is 23.0 Å². The van der Waals surface area contributed by atoms with Crippen molar-refractivity contribution in [1.29, 1.82) is 0 Å². The van der Waals surface area contributed by atoms with Gasteiger partial charge >= 0.3 is 5.97 Å². The molecule has 2 N–H and O–H groups in total. The van der Waals surface area contributed by atoms with E-state index in [-0.39, 0.29) is 5.92 Å². The largest absolute Gasteiger partial charge is 0.489 e. The Labute approximate surface area is 153 Å². The molecule has 0 spiro atoms. The number of rotatable bonds is 8. The monoisotopic (exact) mass is 353 g/mol. The number of carboxylic acids is 1. The first kappa shape index (κ1) is 19.2. The Balaban J connectivity index is 1.88. The van der Waals surface area contributed by atoms with Gasteiger partial charge in [0.25, 0.3) is 0 Å². The zero-order valence-electron chi connectivity index (χ0n) is 14.9. The highest BCUT2D eigenvalue weighted by atomic mass is 16.5. The second kappa shape index (κ2) is 9.42. The fourth-order valence-corrected chi connectivity index (χ4v) is 2.30. The zero-order valence-corrected chi connectivity index (χ0v) is 14.9. The van der Waals surface area contributed by atoms with Gasteiger partial charge in [0.1, 0.15) is 18.4 Å². The van der Waals surface area contributed by atoms with Crippen LogP contribution in [0.15, 0.2) is 60.7 Å². The van der Waals surface area contributed by atoms with Crippen LogP contribution in [0.1, 0.15) is 25.0 Å². The van der Waals surface area contributed by atoms with Crippen LogP contribution in [-0.2, 0) is 16.2 Å². The van der Waals surface area contributed by atoms with Crippen LogP contribution >= 0.6 is 0 Å². The second-order valence-electron chi connectivity index (χ2n) is 6.25. The van der Waals surface area contributed by atoms with Gasteiger partial charge in [0.15, 0.2) is 0 Å². The average molecular weight is 353 g/mol. The van der Waals surface area contributed by atoms with Gasteiger partial charge < -0.3 is 15.2 Å². The van der Waals surface area contributed by atoms with Gasteiger partial charge in [-0.15, -0.1) is 0 Å². The molecule has 2 rings (SSSR count). The van der Waals surface area contributed by atoms with E-state index >= 15 is 0 Å². The number of nitrogens with one attached hydrogen (secondary N) is 1. The van der Waals surface area contributed by atoms with E-state index in [1.165, 1.54) is 6.08 Å². The highest BCUT2D eigenvalue weighted by molar-refractivity contribution is 5.94. The van der Waals surface area contributed by atoms with Gasteiger partial charge in [-0.1, -0.05) is 56.3 Å². The smallest absolute Gasteiger partial charge is 0.326 e. The summed E-state index contributed by atoms with van der Waals surface area (Å²) < 4.78 is 5.71. The average Bonchev–Trinajstić information content (AvgIpc) is 2.64. The highest BCUT2D eigenvalue weighted by Crippen LogP contribution is 2.15. The van der Waals surface area contributed by atoms with Crippen LogP contribution in [0.5, 0.6) is 5.75 Å². The molecule has 0 radical (unpaired) electrons. The van der Waals surface area contributed by atoms with E-state index in [2.05, 4.69) is 5.32 Å². The summed E-state index contributed by atoms with van der Waals surface area (Å²) in [5, 5.41) is 11.6. The molecule has 136 valence electrons. The number of carboxylic acid groups (broad SMARTS) is 1. The molecule has 0 fully saturated rings. The SMILES string of the molecule is CC(C)[C@H](NC(=O)/C=C/c1ccc(OCc2ccccc2)cc1)C(=O)O. The molecule has 1 atom stereocenters. The zero-order chi connectivity index (χ0) is 18.9. The third-order valence-corrected chi connectivity index (χ3v) is 3.79. The molecule has 26 heavy (non-hydrogen) atoms. The molecule has 2 aromatic carbocycles. The van der Waals surface area contributed by atoms with E-state index in [1.807, 2.05) is 54.6 Å². The quantitative estimate of drug-likeness (QED) is 0.712. The van der Waals surface area contributed by atoms with Gasteiger partial charge in [0, 0.05) is 6.08 Å². The summed E-state index contributed by atoms with van der Waals surface area (Å²) in [6.07, 6.45) is 2.97. The molecule has 0 bridgehead atoms. The maximum Gasteiger partial charge on any atom is 0.326 e. The maximum absolute atomic E-state index is 11.9. The number of benzene rings is 2. The lowest BCUT2D eigenvalue weighted by Crippen LogP contribution is -2.43.